The standard InChI is InChI=1S/C14H19NO6/c1-15-13(14(16)17)9(7-21-15)12-10(19-3)5-8(18-2)6-11(12)20-4/h5-6,9,13H,7H2,1-4H3,(H,16,17). The molecule has 116 valence electrons. The van der Waals surface area contributed by atoms with Gasteiger partial charge < -0.3 is 19.3 Å². The van der Waals surface area contributed by atoms with Crippen LogP contribution in [0.4, 0.5) is 0 Å². The molecule has 7 heteroatoms. The second-order valence-electron chi connectivity index (χ2n) is 4.68. The lowest BCUT2D eigenvalue weighted by Gasteiger charge is -2.22. The molecule has 0 aliphatic carbocycles. The second-order valence-corrected chi connectivity index (χ2v) is 4.68. The summed E-state index contributed by atoms with van der Waals surface area (Å²) in [5, 5.41) is 10.8. The van der Waals surface area contributed by atoms with E-state index >= 15 is 0 Å². The van der Waals surface area contributed by atoms with Crippen molar-refractivity contribution in [3.8, 4) is 17.2 Å². The molecule has 2 unspecified atom stereocenters. The summed E-state index contributed by atoms with van der Waals surface area (Å²) in [5.74, 6) is 0.248. The third-order valence-electron chi connectivity index (χ3n) is 3.61. The van der Waals surface area contributed by atoms with Gasteiger partial charge in [0.15, 0.2) is 0 Å². The van der Waals surface area contributed by atoms with Crippen LogP contribution in [-0.4, -0.2) is 57.2 Å². The maximum atomic E-state index is 11.5. The Labute approximate surface area is 122 Å². The summed E-state index contributed by atoms with van der Waals surface area (Å²) in [6.45, 7) is 0.243. The number of benzene rings is 1. The molecule has 1 aliphatic heterocycles. The number of methoxy groups -OCH3 is 3. The molecule has 1 heterocycles. The predicted octanol–water partition coefficient (Wildman–Crippen LogP) is 1.13. The predicted molar refractivity (Wildman–Crippen MR) is 74.0 cm³/mol. The number of carboxylic acid groups (broad SMARTS) is 1. The van der Waals surface area contributed by atoms with E-state index in [1.54, 1.807) is 26.3 Å². The van der Waals surface area contributed by atoms with Crippen LogP contribution in [0.15, 0.2) is 12.1 Å². The molecule has 1 saturated heterocycles. The quantitative estimate of drug-likeness (QED) is 0.872. The highest BCUT2D eigenvalue weighted by Crippen LogP contribution is 2.43. The lowest BCUT2D eigenvalue weighted by atomic mass is 9.91. The maximum Gasteiger partial charge on any atom is 0.324 e. The summed E-state index contributed by atoms with van der Waals surface area (Å²) in [6.07, 6.45) is 0. The fraction of sp³-hybridized carbons (Fsp3) is 0.500. The van der Waals surface area contributed by atoms with Gasteiger partial charge in [-0.25, -0.2) is 0 Å². The highest BCUT2D eigenvalue weighted by Gasteiger charge is 2.42. The molecule has 2 rings (SSSR count). The summed E-state index contributed by atoms with van der Waals surface area (Å²) in [6, 6.07) is 2.60. The van der Waals surface area contributed by atoms with E-state index in [9.17, 15) is 9.90 Å². The molecular formula is C14H19NO6. The first-order valence-corrected chi connectivity index (χ1v) is 6.42. The van der Waals surface area contributed by atoms with Gasteiger partial charge in [0.05, 0.1) is 27.9 Å². The minimum Gasteiger partial charge on any atom is -0.496 e. The Kier molecular flexibility index (Phi) is 4.54. The van der Waals surface area contributed by atoms with Gasteiger partial charge in [-0.2, -0.15) is 5.06 Å². The van der Waals surface area contributed by atoms with Crippen LogP contribution in [0.1, 0.15) is 11.5 Å². The molecule has 0 bridgehead atoms. The molecule has 7 nitrogen and oxygen atoms in total. The summed E-state index contributed by atoms with van der Waals surface area (Å²) in [7, 11) is 6.18. The lowest BCUT2D eigenvalue weighted by Crippen LogP contribution is -2.36. The van der Waals surface area contributed by atoms with E-state index in [0.717, 1.165) is 0 Å². The van der Waals surface area contributed by atoms with Gasteiger partial charge in [-0.15, -0.1) is 0 Å². The van der Waals surface area contributed by atoms with Crippen LogP contribution in [0.25, 0.3) is 0 Å². The first kappa shape index (κ1) is 15.4. The fourth-order valence-corrected chi connectivity index (χ4v) is 2.59. The number of likely N-dealkylation sites (N-methyl/N-ethyl adjacent to an activating group) is 1. The Morgan fingerprint density at radius 3 is 2.24 bits per heavy atom. The van der Waals surface area contributed by atoms with Crippen molar-refractivity contribution in [2.45, 2.75) is 12.0 Å². The van der Waals surface area contributed by atoms with Crippen LogP contribution in [0, 0.1) is 0 Å². The zero-order valence-electron chi connectivity index (χ0n) is 12.5. The van der Waals surface area contributed by atoms with E-state index in [1.165, 1.54) is 19.3 Å². The van der Waals surface area contributed by atoms with Gasteiger partial charge in [0.25, 0.3) is 0 Å². The van der Waals surface area contributed by atoms with Crippen LogP contribution < -0.4 is 14.2 Å². The molecule has 0 amide bonds. The van der Waals surface area contributed by atoms with E-state index in [4.69, 9.17) is 19.0 Å². The molecule has 0 spiro atoms. The average molecular weight is 297 g/mol. The van der Waals surface area contributed by atoms with Gasteiger partial charge in [0.1, 0.15) is 23.3 Å². The SMILES string of the molecule is COc1cc(OC)c(C2CON(C)C2C(=O)O)c(OC)c1. The summed E-state index contributed by atoms with van der Waals surface area (Å²) in [5.41, 5.74) is 0.664. The van der Waals surface area contributed by atoms with Crippen LogP contribution in [0.2, 0.25) is 0 Å². The van der Waals surface area contributed by atoms with Crippen molar-refractivity contribution in [2.75, 3.05) is 35.0 Å². The largest absolute Gasteiger partial charge is 0.496 e. The number of carbonyl (C=O) groups is 1. The molecule has 21 heavy (non-hydrogen) atoms. The smallest absolute Gasteiger partial charge is 0.324 e. The summed E-state index contributed by atoms with van der Waals surface area (Å²) < 4.78 is 16.0. The fourth-order valence-electron chi connectivity index (χ4n) is 2.59. The number of carboxylic acids is 1. The first-order valence-electron chi connectivity index (χ1n) is 6.42. The van der Waals surface area contributed by atoms with E-state index in [0.29, 0.717) is 22.8 Å². The molecular weight excluding hydrogens is 278 g/mol. The van der Waals surface area contributed by atoms with E-state index in [-0.39, 0.29) is 6.61 Å². The Balaban J connectivity index is 2.54. The van der Waals surface area contributed by atoms with Gasteiger partial charge >= 0.3 is 5.97 Å². The highest BCUT2D eigenvalue weighted by molar-refractivity contribution is 5.76. The number of aliphatic carboxylic acids is 1. The Morgan fingerprint density at radius 2 is 1.81 bits per heavy atom. The second kappa shape index (κ2) is 6.19. The van der Waals surface area contributed by atoms with Crippen LogP contribution in [-0.2, 0) is 9.63 Å². The molecule has 1 fully saturated rings. The Hall–Kier alpha value is -1.99. The van der Waals surface area contributed by atoms with Gasteiger partial charge in [-0.05, 0) is 0 Å². The third kappa shape index (κ3) is 2.74. The summed E-state index contributed by atoms with van der Waals surface area (Å²) in [4.78, 5) is 16.8. The van der Waals surface area contributed by atoms with Crippen molar-refractivity contribution in [1.82, 2.24) is 5.06 Å². The molecule has 1 aromatic rings. The van der Waals surface area contributed by atoms with Crippen molar-refractivity contribution < 1.29 is 28.9 Å². The topological polar surface area (TPSA) is 77.5 Å². The monoisotopic (exact) mass is 297 g/mol. The van der Waals surface area contributed by atoms with E-state index < -0.39 is 17.9 Å². The number of nitrogens with zero attached hydrogens (tertiary/aromatic N) is 1. The van der Waals surface area contributed by atoms with Crippen molar-refractivity contribution in [2.24, 2.45) is 0 Å². The molecule has 1 aromatic carbocycles. The lowest BCUT2D eigenvalue weighted by molar-refractivity contribution is -0.158. The highest BCUT2D eigenvalue weighted by atomic mass is 16.7. The molecule has 1 N–H and O–H groups in total. The minimum atomic E-state index is -0.958. The molecule has 0 saturated carbocycles. The number of hydrogen-bond acceptors (Lipinski definition) is 6. The minimum absolute atomic E-state index is 0.243. The Bertz CT molecular complexity index is 507. The summed E-state index contributed by atoms with van der Waals surface area (Å²) >= 11 is 0. The zero-order chi connectivity index (χ0) is 15.6. The Morgan fingerprint density at radius 1 is 1.24 bits per heavy atom. The first-order chi connectivity index (χ1) is 10.0. The van der Waals surface area contributed by atoms with E-state index in [1.807, 2.05) is 0 Å². The van der Waals surface area contributed by atoms with Gasteiger partial charge in [-0.3, -0.25) is 9.63 Å². The van der Waals surface area contributed by atoms with Crippen LogP contribution >= 0.6 is 0 Å². The number of rotatable bonds is 5. The van der Waals surface area contributed by atoms with Crippen LogP contribution in [0.3, 0.4) is 0 Å². The van der Waals surface area contributed by atoms with Crippen LogP contribution in [0.5, 0.6) is 17.2 Å². The average Bonchev–Trinajstić information content (AvgIpc) is 2.87. The normalized spacial score (nSPS) is 22.1. The van der Waals surface area contributed by atoms with Gasteiger partial charge in [-0.1, -0.05) is 0 Å². The van der Waals surface area contributed by atoms with Crippen molar-refractivity contribution in [3.63, 3.8) is 0 Å². The van der Waals surface area contributed by atoms with E-state index in [2.05, 4.69) is 0 Å². The van der Waals surface area contributed by atoms with Crippen molar-refractivity contribution >= 4 is 5.97 Å². The van der Waals surface area contributed by atoms with Gasteiger partial charge in [0, 0.05) is 30.7 Å². The van der Waals surface area contributed by atoms with Crippen molar-refractivity contribution in [1.29, 1.82) is 0 Å². The zero-order valence-corrected chi connectivity index (χ0v) is 12.5. The molecule has 1 aliphatic rings. The van der Waals surface area contributed by atoms with Crippen molar-refractivity contribution in [3.05, 3.63) is 17.7 Å². The van der Waals surface area contributed by atoms with Gasteiger partial charge in [0.2, 0.25) is 0 Å². The maximum absolute atomic E-state index is 11.5. The molecule has 0 aromatic heterocycles. The number of hydrogen-bond donors (Lipinski definition) is 1. The number of ether oxygens (including phenoxy) is 3. The molecule has 0 radical (unpaired) electrons. The molecule has 2 atom stereocenters. The number of hydroxylamine groups is 2. The third-order valence-corrected chi connectivity index (χ3v) is 3.61.